The van der Waals surface area contributed by atoms with Crippen molar-refractivity contribution < 1.29 is 9.13 Å². The average molecular weight is 218 g/mol. The first-order valence-electron chi connectivity index (χ1n) is 4.89. The molecule has 0 unspecified atom stereocenters. The summed E-state index contributed by atoms with van der Waals surface area (Å²) in [6, 6.07) is 7.38. The molecule has 0 spiro atoms. The molecule has 2 aromatic rings. The fourth-order valence-corrected chi connectivity index (χ4v) is 1.28. The van der Waals surface area contributed by atoms with E-state index in [1.165, 1.54) is 6.33 Å². The molecule has 82 valence electrons. The predicted molar refractivity (Wildman–Crippen MR) is 58.0 cm³/mol. The van der Waals surface area contributed by atoms with Gasteiger partial charge in [0.1, 0.15) is 12.1 Å². The molecule has 3 nitrogen and oxygen atoms in total. The molecule has 16 heavy (non-hydrogen) atoms. The Hall–Kier alpha value is -1.97. The molecular formula is C12H11FN2O. The monoisotopic (exact) mass is 218 g/mol. The van der Waals surface area contributed by atoms with Gasteiger partial charge in [0.15, 0.2) is 0 Å². The van der Waals surface area contributed by atoms with Crippen molar-refractivity contribution in [2.45, 2.75) is 13.8 Å². The molecule has 0 radical (unpaired) electrons. The summed E-state index contributed by atoms with van der Waals surface area (Å²) in [6.07, 6.45) is 1.28. The van der Waals surface area contributed by atoms with E-state index < -0.39 is 5.82 Å². The second kappa shape index (κ2) is 4.26. The molecule has 1 aromatic heterocycles. The Kier molecular flexibility index (Phi) is 2.81. The van der Waals surface area contributed by atoms with Crippen molar-refractivity contribution in [3.8, 4) is 11.6 Å². The van der Waals surface area contributed by atoms with Crippen LogP contribution in [0.1, 0.15) is 11.3 Å². The molecule has 1 heterocycles. The van der Waals surface area contributed by atoms with Crippen LogP contribution < -0.4 is 4.74 Å². The van der Waals surface area contributed by atoms with Crippen LogP contribution in [0.3, 0.4) is 0 Å². The highest BCUT2D eigenvalue weighted by molar-refractivity contribution is 5.35. The number of rotatable bonds is 2. The largest absolute Gasteiger partial charge is 0.436 e. The molecule has 0 aliphatic rings. The molecule has 0 atom stereocenters. The summed E-state index contributed by atoms with van der Waals surface area (Å²) in [5.41, 5.74) is 1.21. The minimum absolute atomic E-state index is 0.0400. The van der Waals surface area contributed by atoms with Gasteiger partial charge in [-0.25, -0.2) is 4.98 Å². The summed E-state index contributed by atoms with van der Waals surface area (Å²) < 4.78 is 19.0. The van der Waals surface area contributed by atoms with Gasteiger partial charge < -0.3 is 4.74 Å². The van der Waals surface area contributed by atoms with E-state index in [2.05, 4.69) is 9.97 Å². The van der Waals surface area contributed by atoms with Gasteiger partial charge in [0.05, 0.1) is 5.69 Å². The number of nitrogens with zero attached hydrogens (tertiary/aromatic N) is 2. The SMILES string of the molecule is Cc1ccccc1Oc1ncnc(C)c1F. The molecule has 0 aliphatic heterocycles. The lowest BCUT2D eigenvalue weighted by Gasteiger charge is -2.08. The average Bonchev–Trinajstić information content (AvgIpc) is 2.28. The van der Waals surface area contributed by atoms with Crippen LogP contribution in [0.15, 0.2) is 30.6 Å². The van der Waals surface area contributed by atoms with Gasteiger partial charge in [0.2, 0.25) is 5.82 Å². The van der Waals surface area contributed by atoms with Gasteiger partial charge in [-0.05, 0) is 25.5 Å². The van der Waals surface area contributed by atoms with Crippen LogP contribution >= 0.6 is 0 Å². The number of aromatic nitrogens is 2. The lowest BCUT2D eigenvalue weighted by atomic mass is 10.2. The molecule has 4 heteroatoms. The summed E-state index contributed by atoms with van der Waals surface area (Å²) in [5.74, 6) is 0.0343. The molecule has 0 amide bonds. The quantitative estimate of drug-likeness (QED) is 0.777. The molecule has 1 aromatic carbocycles. The highest BCUT2D eigenvalue weighted by atomic mass is 19.1. The fourth-order valence-electron chi connectivity index (χ4n) is 1.28. The van der Waals surface area contributed by atoms with Gasteiger partial charge in [-0.2, -0.15) is 9.37 Å². The lowest BCUT2D eigenvalue weighted by molar-refractivity contribution is 0.414. The maximum absolute atomic E-state index is 13.6. The third-order valence-electron chi connectivity index (χ3n) is 2.23. The van der Waals surface area contributed by atoms with Gasteiger partial charge in [0, 0.05) is 0 Å². The summed E-state index contributed by atoms with van der Waals surface area (Å²) in [4.78, 5) is 7.50. The Bertz CT molecular complexity index is 514. The molecular weight excluding hydrogens is 207 g/mol. The van der Waals surface area contributed by atoms with Crippen LogP contribution in [0.5, 0.6) is 11.6 Å². The Balaban J connectivity index is 2.35. The summed E-state index contributed by atoms with van der Waals surface area (Å²) >= 11 is 0. The van der Waals surface area contributed by atoms with Gasteiger partial charge >= 0.3 is 0 Å². The van der Waals surface area contributed by atoms with Crippen molar-refractivity contribution in [1.29, 1.82) is 0 Å². The van der Waals surface area contributed by atoms with Crippen molar-refractivity contribution >= 4 is 0 Å². The van der Waals surface area contributed by atoms with Gasteiger partial charge in [-0.15, -0.1) is 0 Å². The summed E-state index contributed by atoms with van der Waals surface area (Å²) in [6.45, 7) is 3.46. The van der Waals surface area contributed by atoms with Crippen LogP contribution in [0, 0.1) is 19.7 Å². The van der Waals surface area contributed by atoms with Crippen molar-refractivity contribution in [2.75, 3.05) is 0 Å². The van der Waals surface area contributed by atoms with Crippen molar-refractivity contribution in [1.82, 2.24) is 9.97 Å². The Labute approximate surface area is 92.9 Å². The first kappa shape index (κ1) is 10.5. The van der Waals surface area contributed by atoms with E-state index in [1.807, 2.05) is 25.1 Å². The van der Waals surface area contributed by atoms with Gasteiger partial charge in [0.25, 0.3) is 5.88 Å². The summed E-state index contributed by atoms with van der Waals surface area (Å²) in [5, 5.41) is 0. The van der Waals surface area contributed by atoms with E-state index in [4.69, 9.17) is 4.74 Å². The molecule has 2 rings (SSSR count). The third-order valence-corrected chi connectivity index (χ3v) is 2.23. The van der Waals surface area contributed by atoms with Crippen molar-refractivity contribution in [3.63, 3.8) is 0 Å². The van der Waals surface area contributed by atoms with E-state index in [-0.39, 0.29) is 11.6 Å². The van der Waals surface area contributed by atoms with Crippen molar-refractivity contribution in [3.05, 3.63) is 47.7 Å². The number of aryl methyl sites for hydroxylation is 2. The predicted octanol–water partition coefficient (Wildman–Crippen LogP) is 3.02. The summed E-state index contributed by atoms with van der Waals surface area (Å²) in [7, 11) is 0. The van der Waals surface area contributed by atoms with Crippen LogP contribution in [0.25, 0.3) is 0 Å². The zero-order chi connectivity index (χ0) is 11.5. The first-order valence-corrected chi connectivity index (χ1v) is 4.89. The number of para-hydroxylation sites is 1. The highest BCUT2D eigenvalue weighted by Crippen LogP contribution is 2.25. The zero-order valence-electron chi connectivity index (χ0n) is 9.07. The van der Waals surface area contributed by atoms with Crippen LogP contribution in [-0.4, -0.2) is 9.97 Å². The molecule has 0 saturated carbocycles. The third kappa shape index (κ3) is 2.00. The Morgan fingerprint density at radius 1 is 1.12 bits per heavy atom. The van der Waals surface area contributed by atoms with Crippen molar-refractivity contribution in [2.24, 2.45) is 0 Å². The number of hydrogen-bond donors (Lipinski definition) is 0. The number of hydrogen-bond acceptors (Lipinski definition) is 3. The van der Waals surface area contributed by atoms with E-state index in [0.29, 0.717) is 5.75 Å². The van der Waals surface area contributed by atoms with Gasteiger partial charge in [-0.3, -0.25) is 0 Å². The zero-order valence-corrected chi connectivity index (χ0v) is 9.07. The smallest absolute Gasteiger partial charge is 0.259 e. The van der Waals surface area contributed by atoms with Gasteiger partial charge in [-0.1, -0.05) is 18.2 Å². The normalized spacial score (nSPS) is 10.2. The van der Waals surface area contributed by atoms with E-state index >= 15 is 0 Å². The second-order valence-electron chi connectivity index (χ2n) is 3.45. The molecule has 0 fully saturated rings. The van der Waals surface area contributed by atoms with E-state index in [9.17, 15) is 4.39 Å². The Morgan fingerprint density at radius 2 is 1.88 bits per heavy atom. The minimum Gasteiger partial charge on any atom is -0.436 e. The Morgan fingerprint density at radius 3 is 2.62 bits per heavy atom. The number of ether oxygens (including phenoxy) is 1. The molecule has 0 bridgehead atoms. The highest BCUT2D eigenvalue weighted by Gasteiger charge is 2.10. The maximum Gasteiger partial charge on any atom is 0.259 e. The second-order valence-corrected chi connectivity index (χ2v) is 3.45. The maximum atomic E-state index is 13.6. The van der Waals surface area contributed by atoms with Crippen LogP contribution in [0.2, 0.25) is 0 Å². The standard InChI is InChI=1S/C12H11FN2O/c1-8-5-3-4-6-10(8)16-12-11(13)9(2)14-7-15-12/h3-7H,1-2H3. The lowest BCUT2D eigenvalue weighted by Crippen LogP contribution is -1.97. The first-order chi connectivity index (χ1) is 7.68. The minimum atomic E-state index is -0.522. The number of benzene rings is 1. The van der Waals surface area contributed by atoms with E-state index in [0.717, 1.165) is 5.56 Å². The van der Waals surface area contributed by atoms with E-state index in [1.54, 1.807) is 13.0 Å². The van der Waals surface area contributed by atoms with Crippen LogP contribution in [-0.2, 0) is 0 Å². The topological polar surface area (TPSA) is 35.0 Å². The molecule has 0 aliphatic carbocycles. The number of halogens is 1. The fraction of sp³-hybridized carbons (Fsp3) is 0.167. The van der Waals surface area contributed by atoms with Crippen LogP contribution in [0.4, 0.5) is 4.39 Å². The molecule has 0 N–H and O–H groups in total. The molecule has 0 saturated heterocycles.